The highest BCUT2D eigenvalue weighted by atomic mass is 35.5. The van der Waals surface area contributed by atoms with Crippen LogP contribution in [0.1, 0.15) is 12.8 Å². The highest BCUT2D eigenvalue weighted by molar-refractivity contribution is 7.89. The van der Waals surface area contributed by atoms with Gasteiger partial charge in [-0.1, -0.05) is 34.8 Å². The Bertz CT molecular complexity index is 984. The van der Waals surface area contributed by atoms with Crippen LogP contribution in [0.25, 0.3) is 0 Å². The molecule has 0 aliphatic carbocycles. The zero-order chi connectivity index (χ0) is 19.8. The van der Waals surface area contributed by atoms with Gasteiger partial charge in [0.1, 0.15) is 5.75 Å². The Hall–Kier alpha value is -1.58. The Morgan fingerprint density at radius 1 is 1.00 bits per heavy atom. The van der Waals surface area contributed by atoms with Gasteiger partial charge in [-0.15, -0.1) is 0 Å². The van der Waals surface area contributed by atoms with Crippen LogP contribution in [0.3, 0.4) is 0 Å². The number of sulfonamides is 1. The largest absolute Gasteiger partial charge is 0.453 e. The van der Waals surface area contributed by atoms with Gasteiger partial charge in [-0.05, 0) is 31.0 Å². The van der Waals surface area contributed by atoms with E-state index in [1.54, 1.807) is 0 Å². The molecule has 3 rings (SSSR count). The maximum atomic E-state index is 12.6. The number of hydrogen-bond donors (Lipinski definition) is 0. The average Bonchev–Trinajstić information content (AvgIpc) is 3.14. The molecular formula is C16H13Cl3N2O5S. The summed E-state index contributed by atoms with van der Waals surface area (Å²) in [5.74, 6) is 0.107. The van der Waals surface area contributed by atoms with Crippen molar-refractivity contribution in [3.63, 3.8) is 0 Å². The molecule has 27 heavy (non-hydrogen) atoms. The first kappa shape index (κ1) is 20.2. The van der Waals surface area contributed by atoms with Gasteiger partial charge in [-0.2, -0.15) is 4.31 Å². The molecule has 1 aliphatic heterocycles. The van der Waals surface area contributed by atoms with Gasteiger partial charge in [0.2, 0.25) is 10.0 Å². The fourth-order valence-electron chi connectivity index (χ4n) is 2.66. The standard InChI is InChI=1S/C16H13Cl3N2O5S/c17-12-7-10(21(22)23)3-4-15(12)26-16-13(18)8-11(9-14(16)19)27(24,25)20-5-1-2-6-20/h3-4,7-9H,1-2,5-6H2. The van der Waals surface area contributed by atoms with E-state index in [1.807, 2.05) is 0 Å². The van der Waals surface area contributed by atoms with Gasteiger partial charge >= 0.3 is 0 Å². The minimum Gasteiger partial charge on any atom is -0.453 e. The highest BCUT2D eigenvalue weighted by Gasteiger charge is 2.29. The van der Waals surface area contributed by atoms with E-state index in [0.717, 1.165) is 18.9 Å². The quantitative estimate of drug-likeness (QED) is 0.464. The lowest BCUT2D eigenvalue weighted by Crippen LogP contribution is -2.27. The zero-order valence-corrected chi connectivity index (χ0v) is 16.8. The third kappa shape index (κ3) is 4.14. The molecule has 0 unspecified atom stereocenters. The third-order valence-corrected chi connectivity index (χ3v) is 6.75. The SMILES string of the molecule is O=[N+]([O-])c1ccc(Oc2c(Cl)cc(S(=O)(=O)N3CCCC3)cc2Cl)c(Cl)c1. The second kappa shape index (κ2) is 7.81. The van der Waals surface area contributed by atoms with E-state index in [-0.39, 0.29) is 37.1 Å². The summed E-state index contributed by atoms with van der Waals surface area (Å²) in [4.78, 5) is 10.2. The Morgan fingerprint density at radius 3 is 2.11 bits per heavy atom. The number of halogens is 3. The highest BCUT2D eigenvalue weighted by Crippen LogP contribution is 2.41. The second-order valence-corrected chi connectivity index (χ2v) is 8.96. The van der Waals surface area contributed by atoms with Crippen LogP contribution in [-0.4, -0.2) is 30.7 Å². The minimum absolute atomic E-state index is 0.00876. The van der Waals surface area contributed by atoms with Crippen LogP contribution in [0, 0.1) is 10.1 Å². The molecule has 1 heterocycles. The van der Waals surface area contributed by atoms with Crippen molar-refractivity contribution in [3.05, 3.63) is 55.5 Å². The Kier molecular flexibility index (Phi) is 5.83. The minimum atomic E-state index is -3.69. The maximum Gasteiger partial charge on any atom is 0.271 e. The Balaban J connectivity index is 1.93. The monoisotopic (exact) mass is 450 g/mol. The third-order valence-electron chi connectivity index (χ3n) is 4.01. The van der Waals surface area contributed by atoms with Crippen LogP contribution < -0.4 is 4.74 Å². The van der Waals surface area contributed by atoms with E-state index < -0.39 is 14.9 Å². The number of ether oxygens (including phenoxy) is 1. The van der Waals surface area contributed by atoms with Crippen molar-refractivity contribution in [1.29, 1.82) is 0 Å². The van der Waals surface area contributed by atoms with Crippen LogP contribution in [0.15, 0.2) is 35.2 Å². The molecule has 0 spiro atoms. The van der Waals surface area contributed by atoms with Crippen molar-refractivity contribution in [2.45, 2.75) is 17.7 Å². The summed E-state index contributed by atoms with van der Waals surface area (Å²) < 4.78 is 32.2. The fourth-order valence-corrected chi connectivity index (χ4v) is 5.13. The van der Waals surface area contributed by atoms with Crippen LogP contribution >= 0.6 is 34.8 Å². The smallest absolute Gasteiger partial charge is 0.271 e. The predicted octanol–water partition coefficient (Wildman–Crippen LogP) is 5.13. The molecule has 2 aromatic rings. The number of nitro groups is 1. The van der Waals surface area contributed by atoms with E-state index in [2.05, 4.69) is 0 Å². The topological polar surface area (TPSA) is 89.7 Å². The van der Waals surface area contributed by atoms with Gasteiger partial charge in [-0.25, -0.2) is 8.42 Å². The van der Waals surface area contributed by atoms with Gasteiger partial charge in [0.15, 0.2) is 5.75 Å². The van der Waals surface area contributed by atoms with Crippen LogP contribution in [0.2, 0.25) is 15.1 Å². The van der Waals surface area contributed by atoms with Crippen molar-refractivity contribution in [1.82, 2.24) is 4.31 Å². The Labute approximate surface area is 170 Å². The normalized spacial score (nSPS) is 15.1. The lowest BCUT2D eigenvalue weighted by molar-refractivity contribution is -0.384. The van der Waals surface area contributed by atoms with Gasteiger partial charge < -0.3 is 4.74 Å². The second-order valence-electron chi connectivity index (χ2n) is 5.80. The number of non-ortho nitro benzene ring substituents is 1. The summed E-state index contributed by atoms with van der Waals surface area (Å²) in [5, 5.41) is 10.7. The molecule has 1 aliphatic rings. The van der Waals surface area contributed by atoms with Gasteiger partial charge in [0.25, 0.3) is 5.69 Å². The summed E-state index contributed by atoms with van der Waals surface area (Å²) in [6.07, 6.45) is 1.61. The summed E-state index contributed by atoms with van der Waals surface area (Å²) in [6, 6.07) is 6.17. The van der Waals surface area contributed by atoms with E-state index in [9.17, 15) is 18.5 Å². The molecule has 0 atom stereocenters. The molecule has 1 fully saturated rings. The first-order chi connectivity index (χ1) is 12.7. The van der Waals surface area contributed by atoms with Crippen molar-refractivity contribution in [3.8, 4) is 11.5 Å². The predicted molar refractivity (Wildman–Crippen MR) is 103 cm³/mol. The molecule has 0 bridgehead atoms. The number of nitrogens with zero attached hydrogens (tertiary/aromatic N) is 2. The van der Waals surface area contributed by atoms with Gasteiger partial charge in [-0.3, -0.25) is 10.1 Å². The number of nitro benzene ring substituents is 1. The molecule has 7 nitrogen and oxygen atoms in total. The molecule has 144 valence electrons. The first-order valence-corrected chi connectivity index (χ1v) is 10.4. The van der Waals surface area contributed by atoms with Crippen LogP contribution in [-0.2, 0) is 10.0 Å². The lowest BCUT2D eigenvalue weighted by Gasteiger charge is -2.17. The molecule has 0 radical (unpaired) electrons. The summed E-state index contributed by atoms with van der Waals surface area (Å²) >= 11 is 18.4. The molecule has 0 aromatic heterocycles. The summed E-state index contributed by atoms with van der Waals surface area (Å²) in [7, 11) is -3.69. The first-order valence-electron chi connectivity index (χ1n) is 7.81. The van der Waals surface area contributed by atoms with Crippen molar-refractivity contribution < 1.29 is 18.1 Å². The van der Waals surface area contributed by atoms with Crippen molar-refractivity contribution >= 4 is 50.5 Å². The van der Waals surface area contributed by atoms with Gasteiger partial charge in [0.05, 0.1) is 24.9 Å². The molecule has 0 saturated carbocycles. The molecule has 0 amide bonds. The van der Waals surface area contributed by atoms with E-state index in [1.165, 1.54) is 28.6 Å². The summed E-state index contributed by atoms with van der Waals surface area (Å²) in [5.41, 5.74) is -0.198. The zero-order valence-electron chi connectivity index (χ0n) is 13.7. The lowest BCUT2D eigenvalue weighted by atomic mass is 10.3. The van der Waals surface area contributed by atoms with Crippen LogP contribution in [0.4, 0.5) is 5.69 Å². The van der Waals surface area contributed by atoms with Gasteiger partial charge in [0, 0.05) is 25.2 Å². The van der Waals surface area contributed by atoms with E-state index >= 15 is 0 Å². The van der Waals surface area contributed by atoms with Crippen molar-refractivity contribution in [2.75, 3.05) is 13.1 Å². The number of hydrogen-bond acceptors (Lipinski definition) is 5. The number of rotatable bonds is 5. The van der Waals surface area contributed by atoms with Crippen molar-refractivity contribution in [2.24, 2.45) is 0 Å². The van der Waals surface area contributed by atoms with E-state index in [4.69, 9.17) is 39.5 Å². The molecular weight excluding hydrogens is 439 g/mol. The molecule has 0 N–H and O–H groups in total. The Morgan fingerprint density at radius 2 is 1.59 bits per heavy atom. The number of benzene rings is 2. The summed E-state index contributed by atoms with van der Waals surface area (Å²) in [6.45, 7) is 0.905. The molecule has 1 saturated heterocycles. The molecule has 11 heteroatoms. The maximum absolute atomic E-state index is 12.6. The molecule has 2 aromatic carbocycles. The van der Waals surface area contributed by atoms with Crippen LogP contribution in [0.5, 0.6) is 11.5 Å². The fraction of sp³-hybridized carbons (Fsp3) is 0.250. The average molecular weight is 452 g/mol. The van der Waals surface area contributed by atoms with E-state index in [0.29, 0.717) is 13.1 Å².